The van der Waals surface area contributed by atoms with Crippen molar-refractivity contribution < 1.29 is 0 Å². The van der Waals surface area contributed by atoms with Crippen molar-refractivity contribution >= 4 is 16.5 Å². The van der Waals surface area contributed by atoms with E-state index in [-0.39, 0.29) is 0 Å². The van der Waals surface area contributed by atoms with Gasteiger partial charge < -0.3 is 5.73 Å². The molecule has 0 aromatic heterocycles. The molecular formula is C16H11N. The molecule has 2 N–H and O–H groups in total. The van der Waals surface area contributed by atoms with Crippen LogP contribution in [0.5, 0.6) is 0 Å². The maximum absolute atomic E-state index is 6.13. The van der Waals surface area contributed by atoms with E-state index in [1.165, 1.54) is 33.0 Å². The fourth-order valence-corrected chi connectivity index (χ4v) is 2.87. The van der Waals surface area contributed by atoms with Crippen LogP contribution in [0.3, 0.4) is 0 Å². The summed E-state index contributed by atoms with van der Waals surface area (Å²) in [6, 6.07) is 19.0. The summed E-state index contributed by atoms with van der Waals surface area (Å²) < 4.78 is 0. The second-order valence-corrected chi connectivity index (χ2v) is 4.48. The van der Waals surface area contributed by atoms with Crippen LogP contribution >= 0.6 is 0 Å². The van der Waals surface area contributed by atoms with Crippen LogP contribution in [0.1, 0.15) is 0 Å². The van der Waals surface area contributed by atoms with Gasteiger partial charge in [-0.05, 0) is 33.5 Å². The molecule has 80 valence electrons. The zero-order valence-electron chi connectivity index (χ0n) is 9.27. The van der Waals surface area contributed by atoms with Crippen molar-refractivity contribution in [2.75, 3.05) is 5.73 Å². The van der Waals surface area contributed by atoms with Crippen LogP contribution in [0.4, 0.5) is 5.69 Å². The first-order valence-electron chi connectivity index (χ1n) is 5.77. The number of nitrogens with two attached hydrogens (primary N) is 1. The van der Waals surface area contributed by atoms with Crippen LogP contribution in [0.2, 0.25) is 0 Å². The lowest BCUT2D eigenvalue weighted by Gasteiger charge is -2.04. The highest BCUT2D eigenvalue weighted by atomic mass is 14.6. The van der Waals surface area contributed by atoms with Gasteiger partial charge in [-0.2, -0.15) is 0 Å². The molecule has 1 aliphatic carbocycles. The number of fused-ring (bicyclic) bond motifs is 3. The van der Waals surface area contributed by atoms with Crippen molar-refractivity contribution in [3.63, 3.8) is 0 Å². The van der Waals surface area contributed by atoms with E-state index in [0.717, 1.165) is 5.69 Å². The van der Waals surface area contributed by atoms with Gasteiger partial charge in [0, 0.05) is 11.3 Å². The van der Waals surface area contributed by atoms with Gasteiger partial charge >= 0.3 is 0 Å². The van der Waals surface area contributed by atoms with Crippen molar-refractivity contribution in [2.24, 2.45) is 0 Å². The van der Waals surface area contributed by atoms with E-state index in [1.54, 1.807) is 0 Å². The first kappa shape index (κ1) is 8.82. The van der Waals surface area contributed by atoms with E-state index in [2.05, 4.69) is 42.5 Å². The minimum Gasteiger partial charge on any atom is -0.398 e. The molecule has 1 aliphatic rings. The molecule has 1 nitrogen and oxygen atoms in total. The predicted molar refractivity (Wildman–Crippen MR) is 72.8 cm³/mol. The maximum Gasteiger partial charge on any atom is 0.0400 e. The third-order valence-electron chi connectivity index (χ3n) is 3.56. The van der Waals surface area contributed by atoms with Gasteiger partial charge in [0.1, 0.15) is 0 Å². The highest BCUT2D eigenvalue weighted by Crippen LogP contribution is 2.49. The summed E-state index contributed by atoms with van der Waals surface area (Å²) in [5.74, 6) is 0. The molecule has 0 atom stereocenters. The van der Waals surface area contributed by atoms with Gasteiger partial charge in [-0.3, -0.25) is 0 Å². The van der Waals surface area contributed by atoms with E-state index in [0.29, 0.717) is 0 Å². The van der Waals surface area contributed by atoms with E-state index < -0.39 is 0 Å². The number of rotatable bonds is 0. The largest absolute Gasteiger partial charge is 0.398 e. The third kappa shape index (κ3) is 0.986. The average molecular weight is 217 g/mol. The van der Waals surface area contributed by atoms with Gasteiger partial charge in [0.05, 0.1) is 0 Å². The number of benzene rings is 3. The molecule has 0 aliphatic heterocycles. The Hall–Kier alpha value is -2.28. The lowest BCUT2D eigenvalue weighted by Crippen LogP contribution is -1.88. The second kappa shape index (κ2) is 2.89. The Morgan fingerprint density at radius 1 is 0.647 bits per heavy atom. The topological polar surface area (TPSA) is 26.0 Å². The first-order chi connectivity index (χ1) is 8.36. The van der Waals surface area contributed by atoms with Crippen molar-refractivity contribution in [3.8, 4) is 22.3 Å². The zero-order valence-corrected chi connectivity index (χ0v) is 9.27. The molecule has 0 saturated heterocycles. The molecule has 1 heteroatoms. The van der Waals surface area contributed by atoms with Gasteiger partial charge in [0.15, 0.2) is 0 Å². The Balaban J connectivity index is 2.31. The molecule has 0 unspecified atom stereocenters. The Kier molecular flexibility index (Phi) is 1.50. The minimum absolute atomic E-state index is 0.867. The highest BCUT2D eigenvalue weighted by molar-refractivity contribution is 6.17. The van der Waals surface area contributed by atoms with Crippen molar-refractivity contribution in [3.05, 3.63) is 54.6 Å². The van der Waals surface area contributed by atoms with Crippen LogP contribution < -0.4 is 5.73 Å². The fraction of sp³-hybridized carbons (Fsp3) is 0. The van der Waals surface area contributed by atoms with Gasteiger partial charge in [0.25, 0.3) is 0 Å². The molecule has 3 aromatic carbocycles. The molecule has 0 heterocycles. The predicted octanol–water partition coefficient (Wildman–Crippen LogP) is 4.07. The molecule has 17 heavy (non-hydrogen) atoms. The molecule has 3 aromatic rings. The summed E-state index contributed by atoms with van der Waals surface area (Å²) in [6.07, 6.45) is 0. The molecule has 0 spiro atoms. The van der Waals surface area contributed by atoms with Gasteiger partial charge in [-0.1, -0.05) is 48.5 Å². The van der Waals surface area contributed by atoms with Gasteiger partial charge in [-0.25, -0.2) is 0 Å². The Morgan fingerprint density at radius 2 is 1.29 bits per heavy atom. The van der Waals surface area contributed by atoms with Crippen LogP contribution in [-0.2, 0) is 0 Å². The summed E-state index contributed by atoms with van der Waals surface area (Å²) in [5.41, 5.74) is 12.0. The average Bonchev–Trinajstić information content (AvgIpc) is 2.69. The molecule has 0 amide bonds. The molecule has 4 rings (SSSR count). The zero-order chi connectivity index (χ0) is 11.4. The van der Waals surface area contributed by atoms with Crippen molar-refractivity contribution in [1.82, 2.24) is 0 Å². The second-order valence-electron chi connectivity index (χ2n) is 4.48. The standard InChI is InChI=1S/C16H11N/c17-14-9-3-7-12-11-6-1-4-10-5-2-8-13(15(10)11)16(12)14/h1-9H,17H2. The van der Waals surface area contributed by atoms with E-state index in [9.17, 15) is 0 Å². The quantitative estimate of drug-likeness (QED) is 0.441. The molecule has 0 radical (unpaired) electrons. The molecule has 0 fully saturated rings. The van der Waals surface area contributed by atoms with E-state index >= 15 is 0 Å². The van der Waals surface area contributed by atoms with Gasteiger partial charge in [0.2, 0.25) is 0 Å². The summed E-state index contributed by atoms with van der Waals surface area (Å²) in [5, 5.41) is 2.62. The van der Waals surface area contributed by atoms with Gasteiger partial charge in [-0.15, -0.1) is 0 Å². The van der Waals surface area contributed by atoms with E-state index in [4.69, 9.17) is 5.73 Å². The maximum atomic E-state index is 6.13. The SMILES string of the molecule is Nc1cccc2c1-c1cccc3cccc-2c13. The first-order valence-corrected chi connectivity index (χ1v) is 5.77. The highest BCUT2D eigenvalue weighted by Gasteiger charge is 2.21. The molecule has 0 bridgehead atoms. The smallest absolute Gasteiger partial charge is 0.0400 e. The Labute approximate surface area is 99.5 Å². The number of hydrogen-bond acceptors (Lipinski definition) is 1. The molecular weight excluding hydrogens is 206 g/mol. The van der Waals surface area contributed by atoms with Crippen LogP contribution in [0.25, 0.3) is 33.0 Å². The summed E-state index contributed by atoms with van der Waals surface area (Å²) in [7, 11) is 0. The van der Waals surface area contributed by atoms with Crippen molar-refractivity contribution in [2.45, 2.75) is 0 Å². The molecule has 0 saturated carbocycles. The number of anilines is 1. The van der Waals surface area contributed by atoms with Crippen LogP contribution in [-0.4, -0.2) is 0 Å². The lowest BCUT2D eigenvalue weighted by molar-refractivity contribution is 1.67. The van der Waals surface area contributed by atoms with Crippen LogP contribution in [0.15, 0.2) is 54.6 Å². The summed E-state index contributed by atoms with van der Waals surface area (Å²) >= 11 is 0. The van der Waals surface area contributed by atoms with Crippen LogP contribution in [0, 0.1) is 0 Å². The van der Waals surface area contributed by atoms with Crippen molar-refractivity contribution in [1.29, 1.82) is 0 Å². The number of hydrogen-bond donors (Lipinski definition) is 1. The summed E-state index contributed by atoms with van der Waals surface area (Å²) in [6.45, 7) is 0. The normalized spacial score (nSPS) is 11.8. The summed E-state index contributed by atoms with van der Waals surface area (Å²) in [4.78, 5) is 0. The van der Waals surface area contributed by atoms with E-state index in [1.807, 2.05) is 12.1 Å². The fourth-order valence-electron chi connectivity index (χ4n) is 2.87. The number of nitrogen functional groups attached to an aromatic ring is 1. The minimum atomic E-state index is 0.867. The monoisotopic (exact) mass is 217 g/mol. The lowest BCUT2D eigenvalue weighted by atomic mass is 10.0. The Morgan fingerprint density at radius 3 is 2.12 bits per heavy atom. The Bertz CT molecular complexity index is 751. The third-order valence-corrected chi connectivity index (χ3v) is 3.56.